The molecule has 0 aliphatic carbocycles. The van der Waals surface area contributed by atoms with Crippen molar-refractivity contribution in [3.8, 4) is 0 Å². The minimum atomic E-state index is 0.266. The molecule has 2 N–H and O–H groups in total. The van der Waals surface area contributed by atoms with Crippen molar-refractivity contribution in [3.05, 3.63) is 21.9 Å². The molecule has 0 radical (unpaired) electrons. The van der Waals surface area contributed by atoms with Gasteiger partial charge in [0, 0.05) is 34.7 Å². The molecular formula is C11H19NOS2. The number of thioether (sulfide) groups is 1. The van der Waals surface area contributed by atoms with Crippen molar-refractivity contribution in [1.29, 1.82) is 0 Å². The van der Waals surface area contributed by atoms with Crippen LogP contribution in [0.15, 0.2) is 12.1 Å². The summed E-state index contributed by atoms with van der Waals surface area (Å²) in [4.78, 5) is 2.73. The first kappa shape index (κ1) is 13.0. The van der Waals surface area contributed by atoms with Gasteiger partial charge >= 0.3 is 0 Å². The van der Waals surface area contributed by atoms with Crippen molar-refractivity contribution in [2.45, 2.75) is 25.9 Å². The van der Waals surface area contributed by atoms with Gasteiger partial charge in [0.2, 0.25) is 0 Å². The fourth-order valence-electron chi connectivity index (χ4n) is 1.43. The van der Waals surface area contributed by atoms with E-state index in [1.54, 1.807) is 0 Å². The molecule has 1 atom stereocenters. The number of rotatable bonds is 7. The monoisotopic (exact) mass is 245 g/mol. The van der Waals surface area contributed by atoms with Crippen LogP contribution in [0.3, 0.4) is 0 Å². The maximum Gasteiger partial charge on any atom is 0.0446 e. The average Bonchev–Trinajstić information content (AvgIpc) is 2.61. The van der Waals surface area contributed by atoms with Crippen molar-refractivity contribution < 1.29 is 5.11 Å². The molecule has 0 amide bonds. The molecule has 0 aliphatic rings. The second-order valence-corrected chi connectivity index (χ2v) is 5.84. The van der Waals surface area contributed by atoms with Gasteiger partial charge in [-0.15, -0.1) is 11.3 Å². The number of nitrogens with one attached hydrogen (secondary N) is 1. The van der Waals surface area contributed by atoms with Crippen molar-refractivity contribution in [1.82, 2.24) is 5.32 Å². The molecule has 1 heterocycles. The Kier molecular flexibility index (Phi) is 6.32. The van der Waals surface area contributed by atoms with E-state index in [1.807, 2.05) is 23.1 Å². The van der Waals surface area contributed by atoms with E-state index in [9.17, 15) is 0 Å². The molecule has 0 saturated carbocycles. The molecule has 0 aromatic carbocycles. The predicted molar refractivity (Wildman–Crippen MR) is 69.8 cm³/mol. The van der Waals surface area contributed by atoms with Gasteiger partial charge in [-0.2, -0.15) is 11.8 Å². The SMILES string of the molecule is CSCC(CCO)NCc1ccc(C)s1. The Morgan fingerprint density at radius 3 is 2.87 bits per heavy atom. The van der Waals surface area contributed by atoms with E-state index < -0.39 is 0 Å². The van der Waals surface area contributed by atoms with Crippen LogP contribution in [0.2, 0.25) is 0 Å². The Bertz CT molecular complexity index is 269. The summed E-state index contributed by atoms with van der Waals surface area (Å²) >= 11 is 3.65. The fourth-order valence-corrected chi connectivity index (χ4v) is 2.95. The number of thiophene rings is 1. The minimum Gasteiger partial charge on any atom is -0.396 e. The van der Waals surface area contributed by atoms with Crippen molar-refractivity contribution >= 4 is 23.1 Å². The summed E-state index contributed by atoms with van der Waals surface area (Å²) in [6.45, 7) is 3.31. The van der Waals surface area contributed by atoms with Crippen molar-refractivity contribution in [2.24, 2.45) is 0 Å². The quantitative estimate of drug-likeness (QED) is 0.773. The van der Waals surface area contributed by atoms with Crippen LogP contribution in [-0.2, 0) is 6.54 Å². The van der Waals surface area contributed by atoms with Gasteiger partial charge in [-0.25, -0.2) is 0 Å². The molecule has 0 aliphatic heterocycles. The summed E-state index contributed by atoms with van der Waals surface area (Å²) in [5.41, 5.74) is 0. The Labute approximate surface area is 100 Å². The largest absolute Gasteiger partial charge is 0.396 e. The molecule has 1 aromatic heterocycles. The lowest BCUT2D eigenvalue weighted by atomic mass is 10.2. The number of hydrogen-bond donors (Lipinski definition) is 2. The molecule has 0 spiro atoms. The third kappa shape index (κ3) is 5.02. The smallest absolute Gasteiger partial charge is 0.0446 e. The van der Waals surface area contributed by atoms with Gasteiger partial charge in [0.1, 0.15) is 0 Å². The van der Waals surface area contributed by atoms with E-state index in [0.717, 1.165) is 18.7 Å². The van der Waals surface area contributed by atoms with Crippen LogP contribution in [0.1, 0.15) is 16.2 Å². The molecule has 1 aromatic rings. The Morgan fingerprint density at radius 2 is 2.33 bits per heavy atom. The molecule has 1 unspecified atom stereocenters. The number of aryl methyl sites for hydroxylation is 1. The number of aliphatic hydroxyl groups is 1. The van der Waals surface area contributed by atoms with E-state index in [4.69, 9.17) is 5.11 Å². The lowest BCUT2D eigenvalue weighted by molar-refractivity contribution is 0.270. The molecule has 1 rings (SSSR count). The Morgan fingerprint density at radius 1 is 1.53 bits per heavy atom. The van der Waals surface area contributed by atoms with Crippen molar-refractivity contribution in [3.63, 3.8) is 0 Å². The van der Waals surface area contributed by atoms with Crippen LogP contribution in [0, 0.1) is 6.92 Å². The zero-order valence-corrected chi connectivity index (χ0v) is 11.0. The molecule has 0 fully saturated rings. The van der Waals surface area contributed by atoms with Gasteiger partial charge in [-0.1, -0.05) is 0 Å². The predicted octanol–water partition coefficient (Wildman–Crippen LogP) is 2.26. The van der Waals surface area contributed by atoms with Crippen LogP contribution in [0.5, 0.6) is 0 Å². The van der Waals surface area contributed by atoms with Gasteiger partial charge in [0.25, 0.3) is 0 Å². The summed E-state index contributed by atoms with van der Waals surface area (Å²) in [5, 5.41) is 12.4. The summed E-state index contributed by atoms with van der Waals surface area (Å²) in [6.07, 6.45) is 2.94. The molecular weight excluding hydrogens is 226 g/mol. The molecule has 86 valence electrons. The van der Waals surface area contributed by atoms with Gasteiger partial charge in [-0.3, -0.25) is 0 Å². The highest BCUT2D eigenvalue weighted by molar-refractivity contribution is 7.98. The van der Waals surface area contributed by atoms with E-state index in [-0.39, 0.29) is 6.61 Å². The second-order valence-electron chi connectivity index (χ2n) is 3.56. The first-order chi connectivity index (χ1) is 7.26. The molecule has 0 bridgehead atoms. The zero-order chi connectivity index (χ0) is 11.1. The van der Waals surface area contributed by atoms with Gasteiger partial charge in [0.05, 0.1) is 0 Å². The molecule has 4 heteroatoms. The highest BCUT2D eigenvalue weighted by Crippen LogP contribution is 2.15. The zero-order valence-electron chi connectivity index (χ0n) is 9.32. The van der Waals surface area contributed by atoms with E-state index in [1.165, 1.54) is 9.75 Å². The number of hydrogen-bond acceptors (Lipinski definition) is 4. The Hall–Kier alpha value is -0.0300. The molecule has 0 saturated heterocycles. The summed E-state index contributed by atoms with van der Waals surface area (Å²) in [5.74, 6) is 1.06. The van der Waals surface area contributed by atoms with Gasteiger partial charge < -0.3 is 10.4 Å². The van der Waals surface area contributed by atoms with Crippen LogP contribution in [0.25, 0.3) is 0 Å². The fraction of sp³-hybridized carbons (Fsp3) is 0.636. The van der Waals surface area contributed by atoms with Crippen molar-refractivity contribution in [2.75, 3.05) is 18.6 Å². The van der Waals surface area contributed by atoms with Gasteiger partial charge in [-0.05, 0) is 31.7 Å². The molecule has 2 nitrogen and oxygen atoms in total. The van der Waals surface area contributed by atoms with E-state index in [0.29, 0.717) is 6.04 Å². The lowest BCUT2D eigenvalue weighted by Crippen LogP contribution is -2.31. The summed E-state index contributed by atoms with van der Waals surface area (Å²) in [6, 6.07) is 4.74. The topological polar surface area (TPSA) is 32.3 Å². The third-order valence-electron chi connectivity index (χ3n) is 2.21. The number of aliphatic hydroxyl groups excluding tert-OH is 1. The third-order valence-corrected chi connectivity index (χ3v) is 3.94. The van der Waals surface area contributed by atoms with E-state index in [2.05, 4.69) is 30.6 Å². The molecule has 15 heavy (non-hydrogen) atoms. The van der Waals surface area contributed by atoms with Gasteiger partial charge in [0.15, 0.2) is 0 Å². The highest BCUT2D eigenvalue weighted by atomic mass is 32.2. The summed E-state index contributed by atoms with van der Waals surface area (Å²) in [7, 11) is 0. The Balaban J connectivity index is 2.32. The lowest BCUT2D eigenvalue weighted by Gasteiger charge is -2.15. The van der Waals surface area contributed by atoms with E-state index >= 15 is 0 Å². The minimum absolute atomic E-state index is 0.266. The first-order valence-electron chi connectivity index (χ1n) is 5.14. The maximum atomic E-state index is 8.92. The second kappa shape index (κ2) is 7.28. The normalized spacial score (nSPS) is 13.0. The average molecular weight is 245 g/mol. The standard InChI is InChI=1S/C11H19NOS2/c1-9-3-4-11(15-9)7-12-10(5-6-13)8-14-2/h3-4,10,12-13H,5-8H2,1-2H3. The van der Waals surface area contributed by atoms with Crippen LogP contribution in [0.4, 0.5) is 0 Å². The summed E-state index contributed by atoms with van der Waals surface area (Å²) < 4.78 is 0. The maximum absolute atomic E-state index is 8.92. The highest BCUT2D eigenvalue weighted by Gasteiger charge is 2.07. The van der Waals surface area contributed by atoms with Crippen LogP contribution < -0.4 is 5.32 Å². The first-order valence-corrected chi connectivity index (χ1v) is 7.35. The van der Waals surface area contributed by atoms with Crippen LogP contribution >= 0.6 is 23.1 Å². The van der Waals surface area contributed by atoms with Crippen LogP contribution in [-0.4, -0.2) is 29.8 Å².